The zero-order valence-electron chi connectivity index (χ0n) is 17.0. The molecule has 0 bridgehead atoms. The van der Waals surface area contributed by atoms with E-state index in [9.17, 15) is 14.4 Å². The van der Waals surface area contributed by atoms with Gasteiger partial charge in [0.05, 0.1) is 17.2 Å². The number of hydrogen-bond donors (Lipinski definition) is 2. The van der Waals surface area contributed by atoms with Crippen LogP contribution in [0.4, 0.5) is 5.69 Å². The number of ether oxygens (including phenoxy) is 2. The van der Waals surface area contributed by atoms with E-state index in [1.54, 1.807) is 69.6 Å². The summed E-state index contributed by atoms with van der Waals surface area (Å²) in [7, 11) is 3.16. The number of guanidine groups is 1. The summed E-state index contributed by atoms with van der Waals surface area (Å²) >= 11 is 0. The van der Waals surface area contributed by atoms with Crippen LogP contribution in [-0.2, 0) is 14.3 Å². The van der Waals surface area contributed by atoms with Crippen LogP contribution in [0.5, 0.6) is 5.75 Å². The van der Waals surface area contributed by atoms with Crippen LogP contribution >= 0.6 is 0 Å². The summed E-state index contributed by atoms with van der Waals surface area (Å²) in [4.78, 5) is 41.1. The molecule has 0 saturated carbocycles. The minimum atomic E-state index is -0.576. The first-order chi connectivity index (χ1) is 14.2. The van der Waals surface area contributed by atoms with Crippen LogP contribution < -0.4 is 16.2 Å². The highest BCUT2D eigenvalue weighted by Gasteiger charge is 2.19. The molecule has 1 amide bonds. The van der Waals surface area contributed by atoms with Crippen molar-refractivity contribution in [2.45, 2.75) is 12.8 Å². The summed E-state index contributed by atoms with van der Waals surface area (Å²) in [6.07, 6.45) is 0. The van der Waals surface area contributed by atoms with E-state index < -0.39 is 17.9 Å². The number of carbonyl (C=O) groups is 3. The average Bonchev–Trinajstić information content (AvgIpc) is 2.71. The lowest BCUT2D eigenvalue weighted by Crippen LogP contribution is -2.28. The Bertz CT molecular complexity index is 933. The Balaban J connectivity index is 1.96. The van der Waals surface area contributed by atoms with Crippen molar-refractivity contribution in [2.75, 3.05) is 20.7 Å². The van der Waals surface area contributed by atoms with E-state index in [0.29, 0.717) is 22.6 Å². The van der Waals surface area contributed by atoms with Crippen molar-refractivity contribution in [2.24, 2.45) is 16.5 Å². The third-order valence-electron chi connectivity index (χ3n) is 4.14. The fourth-order valence-corrected chi connectivity index (χ4v) is 2.33. The number of hydrogen-bond acceptors (Lipinski definition) is 6. The number of nitrogens with zero attached hydrogens (tertiary/aromatic N) is 2. The molecule has 1 atom stereocenters. The first-order valence-electron chi connectivity index (χ1n) is 9.06. The first-order valence-corrected chi connectivity index (χ1v) is 9.06. The van der Waals surface area contributed by atoms with Gasteiger partial charge in [0.2, 0.25) is 0 Å². The van der Waals surface area contributed by atoms with E-state index in [-0.39, 0.29) is 18.5 Å². The number of carbonyl (C=O) groups excluding carboxylic acids is 3. The highest BCUT2D eigenvalue weighted by Crippen LogP contribution is 2.22. The largest absolute Gasteiger partial charge is 0.455 e. The molecule has 0 fully saturated rings. The maximum Gasteiger partial charge on any atom is 0.343 e. The van der Waals surface area contributed by atoms with Gasteiger partial charge in [0.15, 0.2) is 12.6 Å². The molecular formula is C21H24N4O5. The van der Waals surface area contributed by atoms with E-state index in [2.05, 4.69) is 4.99 Å². The number of esters is 2. The average molecular weight is 412 g/mol. The van der Waals surface area contributed by atoms with Crippen LogP contribution in [-0.4, -0.2) is 49.4 Å². The van der Waals surface area contributed by atoms with Gasteiger partial charge in [0.25, 0.3) is 5.91 Å². The summed E-state index contributed by atoms with van der Waals surface area (Å²) in [6.45, 7) is 1.36. The third-order valence-corrected chi connectivity index (χ3v) is 4.14. The predicted molar refractivity (Wildman–Crippen MR) is 111 cm³/mol. The van der Waals surface area contributed by atoms with E-state index in [4.69, 9.17) is 20.9 Å². The Labute approximate surface area is 174 Å². The number of likely N-dealkylation sites (N-methyl/N-ethyl adjacent to an activating group) is 1. The molecule has 0 heterocycles. The van der Waals surface area contributed by atoms with E-state index in [1.807, 2.05) is 0 Å². The minimum Gasteiger partial charge on any atom is -0.455 e. The molecule has 158 valence electrons. The van der Waals surface area contributed by atoms with Crippen LogP contribution in [0.15, 0.2) is 53.5 Å². The summed E-state index contributed by atoms with van der Waals surface area (Å²) < 4.78 is 10.4. The number of amides is 1. The second-order valence-corrected chi connectivity index (χ2v) is 6.66. The Morgan fingerprint density at radius 3 is 2.13 bits per heavy atom. The summed E-state index contributed by atoms with van der Waals surface area (Å²) in [5.74, 6) is -1.70. The molecule has 0 aliphatic rings. The van der Waals surface area contributed by atoms with Crippen molar-refractivity contribution < 1.29 is 23.9 Å². The molecule has 0 spiro atoms. The molecule has 2 aromatic carbocycles. The molecule has 2 aromatic rings. The fourth-order valence-electron chi connectivity index (χ4n) is 2.33. The molecule has 1 unspecified atom stereocenters. The van der Waals surface area contributed by atoms with Crippen LogP contribution in [0, 0.1) is 0 Å². The van der Waals surface area contributed by atoms with Crippen LogP contribution in [0.3, 0.4) is 0 Å². The normalized spacial score (nSPS) is 11.2. The molecule has 0 saturated heterocycles. The Kier molecular flexibility index (Phi) is 7.51. The maximum absolute atomic E-state index is 12.3. The third kappa shape index (κ3) is 6.33. The van der Waals surface area contributed by atoms with Gasteiger partial charge in [0.1, 0.15) is 5.75 Å². The van der Waals surface area contributed by atoms with Crippen molar-refractivity contribution in [1.82, 2.24) is 4.90 Å². The molecule has 0 radical (unpaired) electrons. The molecule has 30 heavy (non-hydrogen) atoms. The lowest BCUT2D eigenvalue weighted by molar-refractivity contribution is -0.152. The van der Waals surface area contributed by atoms with Gasteiger partial charge in [-0.05, 0) is 48.9 Å². The molecular weight excluding hydrogens is 388 g/mol. The van der Waals surface area contributed by atoms with Gasteiger partial charge in [-0.25, -0.2) is 9.79 Å². The lowest BCUT2D eigenvalue weighted by Gasteiger charge is -2.14. The molecule has 0 aliphatic carbocycles. The van der Waals surface area contributed by atoms with Crippen molar-refractivity contribution in [3.8, 4) is 5.75 Å². The topological polar surface area (TPSA) is 137 Å². The monoisotopic (exact) mass is 412 g/mol. The van der Waals surface area contributed by atoms with Crippen molar-refractivity contribution >= 4 is 29.5 Å². The van der Waals surface area contributed by atoms with E-state index in [0.717, 1.165) is 0 Å². The van der Waals surface area contributed by atoms with Crippen LogP contribution in [0.1, 0.15) is 28.8 Å². The molecule has 0 aromatic heterocycles. The molecule has 9 nitrogen and oxygen atoms in total. The smallest absolute Gasteiger partial charge is 0.343 e. The Hall–Kier alpha value is -3.88. The second-order valence-electron chi connectivity index (χ2n) is 6.66. The fraction of sp³-hybridized carbons (Fsp3) is 0.238. The lowest BCUT2D eigenvalue weighted by atomic mass is 10.0. The van der Waals surface area contributed by atoms with Gasteiger partial charge in [0, 0.05) is 14.1 Å². The maximum atomic E-state index is 12.3. The Morgan fingerprint density at radius 1 is 1.00 bits per heavy atom. The number of aliphatic imine (C=N–C) groups is 1. The van der Waals surface area contributed by atoms with Crippen molar-refractivity contribution in [1.29, 1.82) is 0 Å². The van der Waals surface area contributed by atoms with Gasteiger partial charge in [-0.2, -0.15) is 0 Å². The van der Waals surface area contributed by atoms with Crippen molar-refractivity contribution in [3.63, 3.8) is 0 Å². The quantitative estimate of drug-likeness (QED) is 0.304. The second kappa shape index (κ2) is 10.1. The summed E-state index contributed by atoms with van der Waals surface area (Å²) in [5, 5.41) is 0. The molecule has 9 heteroatoms. The highest BCUT2D eigenvalue weighted by molar-refractivity contribution is 5.91. The SMILES string of the molecule is CC(C(=O)OCC(=O)N(C)C)c1ccc(OC(=O)c2ccc(N=C(N)N)cc2)cc1. The van der Waals surface area contributed by atoms with Crippen molar-refractivity contribution in [3.05, 3.63) is 59.7 Å². The van der Waals surface area contributed by atoms with Gasteiger partial charge < -0.3 is 25.8 Å². The van der Waals surface area contributed by atoms with E-state index >= 15 is 0 Å². The Morgan fingerprint density at radius 2 is 1.60 bits per heavy atom. The standard InChI is InChI=1S/C21H24N4O5/c1-13(19(27)29-12-18(26)25(2)3)14-6-10-17(11-7-14)30-20(28)15-4-8-16(9-5-15)24-21(22)23/h4-11,13H,12H2,1-3H3,(H4,22,23,24). The number of rotatable bonds is 7. The zero-order valence-corrected chi connectivity index (χ0v) is 17.0. The minimum absolute atomic E-state index is 0.0761. The highest BCUT2D eigenvalue weighted by atomic mass is 16.5. The van der Waals surface area contributed by atoms with Crippen LogP contribution in [0.25, 0.3) is 0 Å². The van der Waals surface area contributed by atoms with Gasteiger partial charge in [-0.3, -0.25) is 9.59 Å². The first kappa shape index (κ1) is 22.4. The van der Waals surface area contributed by atoms with E-state index in [1.165, 1.54) is 4.90 Å². The van der Waals surface area contributed by atoms with Gasteiger partial charge in [-0.1, -0.05) is 12.1 Å². The van der Waals surface area contributed by atoms with Gasteiger partial charge >= 0.3 is 11.9 Å². The van der Waals surface area contributed by atoms with Crippen LogP contribution in [0.2, 0.25) is 0 Å². The molecule has 4 N–H and O–H groups in total. The number of nitrogens with two attached hydrogens (primary N) is 2. The number of benzene rings is 2. The molecule has 2 rings (SSSR count). The summed E-state index contributed by atoms with van der Waals surface area (Å²) in [6, 6.07) is 12.7. The predicted octanol–water partition coefficient (Wildman–Crippen LogP) is 1.55. The summed E-state index contributed by atoms with van der Waals surface area (Å²) in [5.41, 5.74) is 12.1. The zero-order chi connectivity index (χ0) is 22.3. The molecule has 0 aliphatic heterocycles. The van der Waals surface area contributed by atoms with Gasteiger partial charge in [-0.15, -0.1) is 0 Å².